The first kappa shape index (κ1) is 14.3. The summed E-state index contributed by atoms with van der Waals surface area (Å²) in [5.74, 6) is 2.05. The number of nitrogens with one attached hydrogen (secondary N) is 1. The summed E-state index contributed by atoms with van der Waals surface area (Å²) < 4.78 is 0. The SMILES string of the molecule is CCCC(CNC(C)(C)C)N1CC2CCCC2C1. The fraction of sp³-hybridized carbons (Fsp3) is 1.00. The monoisotopic (exact) mass is 252 g/mol. The summed E-state index contributed by atoms with van der Waals surface area (Å²) in [5.41, 5.74) is 0.252. The number of hydrogen-bond donors (Lipinski definition) is 1. The minimum absolute atomic E-state index is 0.252. The first-order valence-electron chi connectivity index (χ1n) is 7.98. The van der Waals surface area contributed by atoms with Crippen molar-refractivity contribution in [3.63, 3.8) is 0 Å². The molecule has 2 nitrogen and oxygen atoms in total. The Balaban J connectivity index is 1.86. The van der Waals surface area contributed by atoms with E-state index >= 15 is 0 Å². The van der Waals surface area contributed by atoms with Gasteiger partial charge in [0.25, 0.3) is 0 Å². The quantitative estimate of drug-likeness (QED) is 0.808. The molecular formula is C16H32N2. The van der Waals surface area contributed by atoms with Gasteiger partial charge in [0.2, 0.25) is 0 Å². The fourth-order valence-corrected chi connectivity index (χ4v) is 3.74. The fourth-order valence-electron chi connectivity index (χ4n) is 3.74. The molecule has 1 aliphatic heterocycles. The van der Waals surface area contributed by atoms with Crippen LogP contribution in [0.1, 0.15) is 59.8 Å². The molecule has 0 amide bonds. The normalized spacial score (nSPS) is 30.7. The average molecular weight is 252 g/mol. The Labute approximate surface area is 114 Å². The molecule has 2 fully saturated rings. The average Bonchev–Trinajstić information content (AvgIpc) is 2.82. The molecule has 1 aliphatic carbocycles. The first-order chi connectivity index (χ1) is 8.49. The van der Waals surface area contributed by atoms with Crippen molar-refractivity contribution in [2.24, 2.45) is 11.8 Å². The molecule has 0 spiro atoms. The maximum absolute atomic E-state index is 3.71. The van der Waals surface area contributed by atoms with E-state index < -0.39 is 0 Å². The summed E-state index contributed by atoms with van der Waals surface area (Å²) in [6.45, 7) is 13.1. The zero-order valence-electron chi connectivity index (χ0n) is 12.8. The van der Waals surface area contributed by atoms with Gasteiger partial charge in [-0.2, -0.15) is 0 Å². The third-order valence-corrected chi connectivity index (χ3v) is 4.76. The highest BCUT2D eigenvalue weighted by molar-refractivity contribution is 4.92. The third kappa shape index (κ3) is 3.71. The molecule has 0 aromatic carbocycles. The highest BCUT2D eigenvalue weighted by Gasteiger charge is 2.38. The second-order valence-corrected chi connectivity index (χ2v) is 7.48. The molecule has 0 aromatic heterocycles. The van der Waals surface area contributed by atoms with Gasteiger partial charge in [-0.3, -0.25) is 4.90 Å². The third-order valence-electron chi connectivity index (χ3n) is 4.76. The molecule has 106 valence electrons. The van der Waals surface area contributed by atoms with E-state index in [1.54, 1.807) is 0 Å². The summed E-state index contributed by atoms with van der Waals surface area (Å²) in [5, 5.41) is 3.71. The molecule has 1 N–H and O–H groups in total. The molecular weight excluding hydrogens is 220 g/mol. The lowest BCUT2D eigenvalue weighted by Gasteiger charge is -2.32. The van der Waals surface area contributed by atoms with Gasteiger partial charge in [0.05, 0.1) is 0 Å². The van der Waals surface area contributed by atoms with Crippen molar-refractivity contribution in [1.29, 1.82) is 0 Å². The van der Waals surface area contributed by atoms with Crippen LogP contribution in [0.3, 0.4) is 0 Å². The molecule has 0 bridgehead atoms. The predicted octanol–water partition coefficient (Wildman–Crippen LogP) is 3.28. The summed E-state index contributed by atoms with van der Waals surface area (Å²) in [6.07, 6.45) is 7.13. The molecule has 0 radical (unpaired) electrons. The topological polar surface area (TPSA) is 15.3 Å². The molecule has 18 heavy (non-hydrogen) atoms. The lowest BCUT2D eigenvalue weighted by Crippen LogP contribution is -2.47. The molecule has 0 aromatic rings. The largest absolute Gasteiger partial charge is 0.311 e. The molecule has 2 heteroatoms. The van der Waals surface area contributed by atoms with Crippen LogP contribution in [-0.2, 0) is 0 Å². The summed E-state index contributed by atoms with van der Waals surface area (Å²) in [7, 11) is 0. The van der Waals surface area contributed by atoms with Gasteiger partial charge in [0, 0.05) is 31.2 Å². The molecule has 2 rings (SSSR count). The van der Waals surface area contributed by atoms with Crippen LogP contribution in [0.5, 0.6) is 0 Å². The highest BCUT2D eigenvalue weighted by atomic mass is 15.2. The van der Waals surface area contributed by atoms with E-state index in [4.69, 9.17) is 0 Å². The van der Waals surface area contributed by atoms with E-state index in [-0.39, 0.29) is 5.54 Å². The van der Waals surface area contributed by atoms with E-state index in [9.17, 15) is 0 Å². The van der Waals surface area contributed by atoms with Crippen molar-refractivity contribution in [2.75, 3.05) is 19.6 Å². The lowest BCUT2D eigenvalue weighted by atomic mass is 10.0. The van der Waals surface area contributed by atoms with Crippen molar-refractivity contribution in [2.45, 2.75) is 71.4 Å². The van der Waals surface area contributed by atoms with E-state index in [1.165, 1.54) is 45.2 Å². The molecule has 3 unspecified atom stereocenters. The van der Waals surface area contributed by atoms with Crippen molar-refractivity contribution in [1.82, 2.24) is 10.2 Å². The van der Waals surface area contributed by atoms with Crippen LogP contribution >= 0.6 is 0 Å². The highest BCUT2D eigenvalue weighted by Crippen LogP contribution is 2.38. The van der Waals surface area contributed by atoms with Crippen LogP contribution in [0.15, 0.2) is 0 Å². The van der Waals surface area contributed by atoms with Crippen molar-refractivity contribution in [3.8, 4) is 0 Å². The zero-order valence-corrected chi connectivity index (χ0v) is 12.8. The van der Waals surface area contributed by atoms with Crippen LogP contribution in [0, 0.1) is 11.8 Å². The Morgan fingerprint density at radius 2 is 1.78 bits per heavy atom. The molecule has 1 heterocycles. The minimum atomic E-state index is 0.252. The number of hydrogen-bond acceptors (Lipinski definition) is 2. The Kier molecular flexibility index (Phi) is 4.71. The minimum Gasteiger partial charge on any atom is -0.311 e. The van der Waals surface area contributed by atoms with E-state index in [1.807, 2.05) is 0 Å². The van der Waals surface area contributed by atoms with Gasteiger partial charge in [0.1, 0.15) is 0 Å². The second kappa shape index (κ2) is 5.92. The Morgan fingerprint density at radius 1 is 1.17 bits per heavy atom. The van der Waals surface area contributed by atoms with Crippen LogP contribution in [0.25, 0.3) is 0 Å². The van der Waals surface area contributed by atoms with Crippen LogP contribution in [0.2, 0.25) is 0 Å². The second-order valence-electron chi connectivity index (χ2n) is 7.48. The number of rotatable bonds is 5. The molecule has 3 atom stereocenters. The van der Waals surface area contributed by atoms with Gasteiger partial charge in [-0.1, -0.05) is 19.8 Å². The summed E-state index contributed by atoms with van der Waals surface area (Å²) in [4.78, 5) is 2.79. The summed E-state index contributed by atoms with van der Waals surface area (Å²) >= 11 is 0. The standard InChI is InChI=1S/C16H32N2/c1-5-7-15(10-17-16(2,3)4)18-11-13-8-6-9-14(13)12-18/h13-15,17H,5-12H2,1-4H3. The van der Waals surface area contributed by atoms with Crippen molar-refractivity contribution in [3.05, 3.63) is 0 Å². The Morgan fingerprint density at radius 3 is 2.28 bits per heavy atom. The van der Waals surface area contributed by atoms with E-state index in [0.29, 0.717) is 0 Å². The maximum Gasteiger partial charge on any atom is 0.0220 e. The van der Waals surface area contributed by atoms with Gasteiger partial charge >= 0.3 is 0 Å². The van der Waals surface area contributed by atoms with Gasteiger partial charge in [-0.25, -0.2) is 0 Å². The van der Waals surface area contributed by atoms with E-state index in [0.717, 1.165) is 24.4 Å². The van der Waals surface area contributed by atoms with Crippen molar-refractivity contribution >= 4 is 0 Å². The molecule has 1 saturated carbocycles. The van der Waals surface area contributed by atoms with Gasteiger partial charge in [-0.15, -0.1) is 0 Å². The van der Waals surface area contributed by atoms with Crippen molar-refractivity contribution < 1.29 is 0 Å². The van der Waals surface area contributed by atoms with Gasteiger partial charge < -0.3 is 5.32 Å². The van der Waals surface area contributed by atoms with Gasteiger partial charge in [0.15, 0.2) is 0 Å². The summed E-state index contributed by atoms with van der Waals surface area (Å²) in [6, 6.07) is 0.764. The number of likely N-dealkylation sites (tertiary alicyclic amines) is 1. The predicted molar refractivity (Wildman–Crippen MR) is 78.9 cm³/mol. The Hall–Kier alpha value is -0.0800. The number of nitrogens with zero attached hydrogens (tertiary/aromatic N) is 1. The molecule has 2 aliphatic rings. The molecule has 1 saturated heterocycles. The zero-order chi connectivity index (χ0) is 13.2. The smallest absolute Gasteiger partial charge is 0.0220 e. The van der Waals surface area contributed by atoms with Crippen LogP contribution in [0.4, 0.5) is 0 Å². The Bertz CT molecular complexity index is 244. The van der Waals surface area contributed by atoms with Gasteiger partial charge in [-0.05, 0) is 51.9 Å². The van der Waals surface area contributed by atoms with Crippen LogP contribution in [-0.4, -0.2) is 36.1 Å². The maximum atomic E-state index is 3.71. The first-order valence-corrected chi connectivity index (χ1v) is 7.98. The van der Waals surface area contributed by atoms with Crippen LogP contribution < -0.4 is 5.32 Å². The number of fused-ring (bicyclic) bond motifs is 1. The van der Waals surface area contributed by atoms with E-state index in [2.05, 4.69) is 37.9 Å². The lowest BCUT2D eigenvalue weighted by molar-refractivity contribution is 0.196.